The fraction of sp³-hybridized carbons (Fsp3) is 0.474. The Morgan fingerprint density at radius 1 is 1.00 bits per heavy atom. The van der Waals surface area contributed by atoms with Gasteiger partial charge in [-0.3, -0.25) is 9.59 Å². The molecule has 2 heterocycles. The number of allylic oxidation sites excluding steroid dienone is 4. The number of sulfonamides is 1. The average Bonchev–Trinajstić information content (AvgIpc) is 3.11. The van der Waals surface area contributed by atoms with Crippen LogP contribution in [-0.2, 0) is 24.3 Å². The fourth-order valence-electron chi connectivity index (χ4n) is 3.93. The second-order valence-corrected chi connectivity index (χ2v) is 10.3. The molecule has 3 aliphatic rings. The van der Waals surface area contributed by atoms with Crippen LogP contribution in [0, 0.1) is 0 Å². The third-order valence-electron chi connectivity index (χ3n) is 5.30. The van der Waals surface area contributed by atoms with Crippen LogP contribution in [0.5, 0.6) is 0 Å². The second kappa shape index (κ2) is 6.68. The summed E-state index contributed by atoms with van der Waals surface area (Å²) in [6, 6.07) is 1.61. The Labute approximate surface area is 162 Å². The molecule has 0 atom stereocenters. The van der Waals surface area contributed by atoms with Crippen LogP contribution in [0.3, 0.4) is 0 Å². The molecule has 2 aliphatic carbocycles. The summed E-state index contributed by atoms with van der Waals surface area (Å²) in [6.07, 6.45) is 3.71. The lowest BCUT2D eigenvalue weighted by molar-refractivity contribution is -0.117. The van der Waals surface area contributed by atoms with Crippen molar-refractivity contribution in [1.29, 1.82) is 0 Å². The number of thiophene rings is 1. The maximum atomic E-state index is 12.7. The van der Waals surface area contributed by atoms with Gasteiger partial charge >= 0.3 is 0 Å². The molecule has 8 heteroatoms. The number of ether oxygens (including phenoxy) is 1. The zero-order chi connectivity index (χ0) is 19.3. The van der Waals surface area contributed by atoms with Crippen molar-refractivity contribution in [2.24, 2.45) is 0 Å². The summed E-state index contributed by atoms with van der Waals surface area (Å²) in [6.45, 7) is 0. The number of nitrogens with zero attached hydrogens (tertiary/aromatic N) is 1. The highest BCUT2D eigenvalue weighted by Crippen LogP contribution is 2.49. The van der Waals surface area contributed by atoms with E-state index >= 15 is 0 Å². The van der Waals surface area contributed by atoms with E-state index in [2.05, 4.69) is 0 Å². The van der Waals surface area contributed by atoms with Crippen LogP contribution < -0.4 is 0 Å². The SMILES string of the molecule is CN(C)S(=O)(=O)c1csc(C2C3=C(CCCC3=O)OC3=C2C(=O)CCC3)c1. The molecule has 0 spiro atoms. The number of carbonyl (C=O) groups is 2. The Morgan fingerprint density at radius 3 is 2.07 bits per heavy atom. The number of Topliss-reactive ketones (excluding diaryl/α,β-unsaturated/α-hetero) is 2. The topological polar surface area (TPSA) is 80.8 Å². The van der Waals surface area contributed by atoms with Gasteiger partial charge in [0, 0.05) is 61.2 Å². The Bertz CT molecular complexity index is 955. The van der Waals surface area contributed by atoms with Gasteiger partial charge in [-0.05, 0) is 18.9 Å². The lowest BCUT2D eigenvalue weighted by Gasteiger charge is -2.35. The molecule has 1 aromatic rings. The molecule has 0 fully saturated rings. The molecule has 144 valence electrons. The average molecular weight is 408 g/mol. The number of hydrogen-bond donors (Lipinski definition) is 0. The minimum absolute atomic E-state index is 0.00316. The Morgan fingerprint density at radius 2 is 1.56 bits per heavy atom. The second-order valence-electron chi connectivity index (χ2n) is 7.23. The summed E-state index contributed by atoms with van der Waals surface area (Å²) < 4.78 is 32.1. The van der Waals surface area contributed by atoms with Crippen molar-refractivity contribution in [3.8, 4) is 0 Å². The van der Waals surface area contributed by atoms with Gasteiger partial charge in [-0.2, -0.15) is 0 Å². The number of ketones is 2. The molecule has 0 radical (unpaired) electrons. The van der Waals surface area contributed by atoms with Crippen LogP contribution in [0.2, 0.25) is 0 Å². The van der Waals surface area contributed by atoms with Crippen molar-refractivity contribution in [1.82, 2.24) is 4.31 Å². The van der Waals surface area contributed by atoms with E-state index in [4.69, 9.17) is 4.74 Å². The molecule has 0 bridgehead atoms. The van der Waals surface area contributed by atoms with Crippen LogP contribution in [0.15, 0.2) is 39.0 Å². The van der Waals surface area contributed by atoms with Crippen LogP contribution >= 0.6 is 11.3 Å². The number of hydrogen-bond acceptors (Lipinski definition) is 6. The predicted octanol–water partition coefficient (Wildman–Crippen LogP) is 3.13. The molecule has 0 amide bonds. The molecular weight excluding hydrogens is 386 g/mol. The van der Waals surface area contributed by atoms with E-state index in [1.165, 1.54) is 25.4 Å². The van der Waals surface area contributed by atoms with Crippen molar-refractivity contribution in [3.63, 3.8) is 0 Å². The van der Waals surface area contributed by atoms with E-state index in [0.29, 0.717) is 53.2 Å². The zero-order valence-corrected chi connectivity index (χ0v) is 16.9. The van der Waals surface area contributed by atoms with Crippen molar-refractivity contribution < 1.29 is 22.7 Å². The summed E-state index contributed by atoms with van der Waals surface area (Å²) >= 11 is 1.28. The first-order valence-electron chi connectivity index (χ1n) is 9.02. The van der Waals surface area contributed by atoms with Gasteiger partial charge in [0.15, 0.2) is 11.6 Å². The standard InChI is InChI=1S/C19H21NO5S2/c1-20(2)27(23,24)11-9-16(26-10-11)19-17-12(21)5-3-7-14(17)25-15-8-4-6-13(22)18(15)19/h9-10,19H,3-8H2,1-2H3. The summed E-state index contributed by atoms with van der Waals surface area (Å²) in [7, 11) is -0.602. The van der Waals surface area contributed by atoms with Gasteiger partial charge in [-0.25, -0.2) is 12.7 Å². The third-order valence-corrected chi connectivity index (χ3v) is 8.24. The van der Waals surface area contributed by atoms with E-state index in [0.717, 1.165) is 17.1 Å². The van der Waals surface area contributed by atoms with Crippen molar-refractivity contribution >= 4 is 32.9 Å². The van der Waals surface area contributed by atoms with Gasteiger partial charge < -0.3 is 4.74 Å². The molecule has 4 rings (SSSR count). The maximum Gasteiger partial charge on any atom is 0.243 e. The highest BCUT2D eigenvalue weighted by atomic mass is 32.2. The lowest BCUT2D eigenvalue weighted by atomic mass is 9.75. The van der Waals surface area contributed by atoms with Gasteiger partial charge in [-0.1, -0.05) is 0 Å². The van der Waals surface area contributed by atoms with Crippen molar-refractivity contribution in [2.75, 3.05) is 14.1 Å². The van der Waals surface area contributed by atoms with Crippen molar-refractivity contribution in [3.05, 3.63) is 39.0 Å². The maximum absolute atomic E-state index is 12.7. The fourth-order valence-corrected chi connectivity index (χ4v) is 6.22. The quantitative estimate of drug-likeness (QED) is 0.769. The third kappa shape index (κ3) is 2.99. The minimum atomic E-state index is -3.57. The monoisotopic (exact) mass is 407 g/mol. The Balaban J connectivity index is 1.87. The van der Waals surface area contributed by atoms with E-state index in [1.54, 1.807) is 11.4 Å². The van der Waals surface area contributed by atoms with Gasteiger partial charge in [0.05, 0.1) is 10.8 Å². The normalized spacial score (nSPS) is 21.4. The molecule has 0 unspecified atom stereocenters. The summed E-state index contributed by atoms with van der Waals surface area (Å²) in [5.41, 5.74) is 1.09. The van der Waals surface area contributed by atoms with Crippen LogP contribution in [0.25, 0.3) is 0 Å². The van der Waals surface area contributed by atoms with Crippen molar-refractivity contribution in [2.45, 2.75) is 49.3 Å². The molecular formula is C19H21NO5S2. The molecule has 0 N–H and O–H groups in total. The largest absolute Gasteiger partial charge is 0.465 e. The molecule has 0 saturated heterocycles. The first-order chi connectivity index (χ1) is 12.8. The lowest BCUT2D eigenvalue weighted by Crippen LogP contribution is -2.30. The molecule has 0 saturated carbocycles. The minimum Gasteiger partial charge on any atom is -0.465 e. The first-order valence-corrected chi connectivity index (χ1v) is 11.3. The van der Waals surface area contributed by atoms with Gasteiger partial charge in [-0.15, -0.1) is 11.3 Å². The van der Waals surface area contributed by atoms with E-state index < -0.39 is 15.9 Å². The van der Waals surface area contributed by atoms with E-state index in [9.17, 15) is 18.0 Å². The van der Waals surface area contributed by atoms with Gasteiger partial charge in [0.25, 0.3) is 0 Å². The zero-order valence-electron chi connectivity index (χ0n) is 15.3. The van der Waals surface area contributed by atoms with Gasteiger partial charge in [0.1, 0.15) is 11.5 Å². The summed E-state index contributed by atoms with van der Waals surface area (Å²) in [5, 5.41) is 1.58. The van der Waals surface area contributed by atoms with Gasteiger partial charge in [0.2, 0.25) is 10.0 Å². The molecule has 6 nitrogen and oxygen atoms in total. The summed E-state index contributed by atoms with van der Waals surface area (Å²) in [5.74, 6) is 0.818. The van der Waals surface area contributed by atoms with Crippen LogP contribution in [0.1, 0.15) is 49.3 Å². The van der Waals surface area contributed by atoms with E-state index in [1.807, 2.05) is 0 Å². The number of rotatable bonds is 3. The Hall–Kier alpha value is -1.77. The first kappa shape index (κ1) is 18.6. The Kier molecular flexibility index (Phi) is 4.60. The molecule has 1 aliphatic heterocycles. The molecule has 27 heavy (non-hydrogen) atoms. The van der Waals surface area contributed by atoms with Crippen LogP contribution in [-0.4, -0.2) is 38.4 Å². The summed E-state index contributed by atoms with van der Waals surface area (Å²) in [4.78, 5) is 26.3. The smallest absolute Gasteiger partial charge is 0.243 e. The predicted molar refractivity (Wildman–Crippen MR) is 101 cm³/mol. The van der Waals surface area contributed by atoms with E-state index in [-0.39, 0.29) is 16.5 Å². The molecule has 0 aromatic carbocycles. The number of carbonyl (C=O) groups excluding carboxylic acids is 2. The van der Waals surface area contributed by atoms with Crippen LogP contribution in [0.4, 0.5) is 0 Å². The molecule has 1 aromatic heterocycles. The highest BCUT2D eigenvalue weighted by molar-refractivity contribution is 7.89. The highest BCUT2D eigenvalue weighted by Gasteiger charge is 2.42.